The average molecular weight is 214 g/mol. The average Bonchev–Trinajstić information content (AvgIpc) is 2.40. The van der Waals surface area contributed by atoms with Crippen LogP contribution in [0.5, 0.6) is 0 Å². The molecule has 2 unspecified atom stereocenters. The van der Waals surface area contributed by atoms with Gasteiger partial charge < -0.3 is 0 Å². The molecule has 0 aromatic rings. The van der Waals surface area contributed by atoms with Gasteiger partial charge in [0.05, 0.1) is 11.1 Å². The third-order valence-electron chi connectivity index (χ3n) is 3.79. The highest BCUT2D eigenvalue weighted by molar-refractivity contribution is 5.48. The van der Waals surface area contributed by atoms with Crippen molar-refractivity contribution in [2.45, 2.75) is 20.3 Å². The predicted octanol–water partition coefficient (Wildman–Crippen LogP) is 4.05. The lowest BCUT2D eigenvalue weighted by atomic mass is 9.78. The Kier molecular flexibility index (Phi) is 2.66. The van der Waals surface area contributed by atoms with Gasteiger partial charge in [0.15, 0.2) is 0 Å². The largest absolute Gasteiger partial charge is 0.192 e. The van der Waals surface area contributed by atoms with E-state index in [0.717, 1.165) is 12.1 Å². The predicted molar refractivity (Wildman–Crippen MR) is 67.1 cm³/mol. The molecule has 0 aromatic carbocycles. The van der Waals surface area contributed by atoms with Crippen LogP contribution in [0.15, 0.2) is 58.0 Å². The molecule has 0 spiro atoms. The molecule has 1 saturated carbocycles. The van der Waals surface area contributed by atoms with Crippen LogP contribution >= 0.6 is 0 Å². The van der Waals surface area contributed by atoms with Gasteiger partial charge in [-0.3, -0.25) is 0 Å². The van der Waals surface area contributed by atoms with E-state index in [1.807, 2.05) is 12.2 Å². The zero-order chi connectivity index (χ0) is 11.8. The molecule has 2 aliphatic carbocycles. The Morgan fingerprint density at radius 1 is 1.38 bits per heavy atom. The van der Waals surface area contributed by atoms with Crippen molar-refractivity contribution in [3.63, 3.8) is 0 Å². The maximum atomic E-state index is 4.28. The number of nitrogens with zero attached hydrogens (tertiary/aromatic N) is 2. The second kappa shape index (κ2) is 3.85. The maximum absolute atomic E-state index is 4.28. The van der Waals surface area contributed by atoms with E-state index in [1.165, 1.54) is 11.1 Å². The van der Waals surface area contributed by atoms with Crippen LogP contribution in [0.1, 0.15) is 20.3 Å². The number of rotatable bonds is 1. The molecule has 84 valence electrons. The standard InChI is InChI=1S/C14H18N2/c1-10-9-12-7-5-6-8-13(16-15-4)14(12,3)11(10)2/h5-8,10H,2,9H2,1,3-4H3/b16-15-. The molecule has 2 heteroatoms. The molecular formula is C14H18N2. The minimum absolute atomic E-state index is 0.123. The van der Waals surface area contributed by atoms with Crippen LogP contribution in [0.4, 0.5) is 0 Å². The van der Waals surface area contributed by atoms with Crippen molar-refractivity contribution >= 4 is 0 Å². The molecule has 2 aliphatic rings. The number of hydrogen-bond acceptors (Lipinski definition) is 2. The normalized spacial score (nSPS) is 33.7. The second-order valence-corrected chi connectivity index (χ2v) is 4.68. The molecular weight excluding hydrogens is 196 g/mol. The monoisotopic (exact) mass is 214 g/mol. The lowest BCUT2D eigenvalue weighted by Crippen LogP contribution is -2.18. The first-order valence-corrected chi connectivity index (χ1v) is 5.68. The number of azo groups is 1. The van der Waals surface area contributed by atoms with Crippen LogP contribution in [0.2, 0.25) is 0 Å². The fraction of sp³-hybridized carbons (Fsp3) is 0.429. The Morgan fingerprint density at radius 2 is 2.06 bits per heavy atom. The summed E-state index contributed by atoms with van der Waals surface area (Å²) < 4.78 is 0. The van der Waals surface area contributed by atoms with Gasteiger partial charge in [-0.25, -0.2) is 0 Å². The summed E-state index contributed by atoms with van der Waals surface area (Å²) in [5, 5.41) is 8.20. The number of allylic oxidation sites excluding steroid dienone is 5. The van der Waals surface area contributed by atoms with E-state index in [-0.39, 0.29) is 5.41 Å². The van der Waals surface area contributed by atoms with Crippen LogP contribution in [-0.4, -0.2) is 7.05 Å². The van der Waals surface area contributed by atoms with Crippen molar-refractivity contribution in [2.24, 2.45) is 21.6 Å². The summed E-state index contributed by atoms with van der Waals surface area (Å²) in [5.74, 6) is 0.526. The van der Waals surface area contributed by atoms with Gasteiger partial charge in [-0.2, -0.15) is 10.2 Å². The zero-order valence-corrected chi connectivity index (χ0v) is 10.2. The first kappa shape index (κ1) is 11.1. The van der Waals surface area contributed by atoms with Crippen molar-refractivity contribution in [3.8, 4) is 0 Å². The fourth-order valence-electron chi connectivity index (χ4n) is 2.65. The highest BCUT2D eigenvalue weighted by Gasteiger charge is 2.44. The van der Waals surface area contributed by atoms with Gasteiger partial charge in [0.25, 0.3) is 0 Å². The van der Waals surface area contributed by atoms with E-state index in [2.05, 4.69) is 42.8 Å². The van der Waals surface area contributed by atoms with Crippen LogP contribution in [0, 0.1) is 11.3 Å². The Bertz CT molecular complexity index is 438. The fourth-order valence-corrected chi connectivity index (χ4v) is 2.65. The van der Waals surface area contributed by atoms with Gasteiger partial charge in [-0.1, -0.05) is 42.9 Å². The van der Waals surface area contributed by atoms with Crippen molar-refractivity contribution < 1.29 is 0 Å². The molecule has 0 bridgehead atoms. The van der Waals surface area contributed by atoms with Crippen LogP contribution in [-0.2, 0) is 0 Å². The summed E-state index contributed by atoms with van der Waals surface area (Å²) in [7, 11) is 1.71. The lowest BCUT2D eigenvalue weighted by Gasteiger charge is -2.27. The summed E-state index contributed by atoms with van der Waals surface area (Å²) in [6, 6.07) is 0. The molecule has 0 heterocycles. The molecule has 2 atom stereocenters. The number of hydrogen-bond donors (Lipinski definition) is 0. The van der Waals surface area contributed by atoms with E-state index in [0.29, 0.717) is 5.92 Å². The van der Waals surface area contributed by atoms with Gasteiger partial charge in [0.1, 0.15) is 0 Å². The van der Waals surface area contributed by atoms with Crippen molar-refractivity contribution in [2.75, 3.05) is 7.05 Å². The Balaban J connectivity index is 2.57. The minimum atomic E-state index is -0.123. The van der Waals surface area contributed by atoms with Crippen LogP contribution in [0.3, 0.4) is 0 Å². The Labute approximate surface area is 97.2 Å². The van der Waals surface area contributed by atoms with Gasteiger partial charge in [0, 0.05) is 7.05 Å². The lowest BCUT2D eigenvalue weighted by molar-refractivity contribution is 0.576. The summed E-state index contributed by atoms with van der Waals surface area (Å²) >= 11 is 0. The topological polar surface area (TPSA) is 24.7 Å². The summed E-state index contributed by atoms with van der Waals surface area (Å²) in [4.78, 5) is 0. The molecule has 16 heavy (non-hydrogen) atoms. The molecule has 0 aliphatic heterocycles. The number of fused-ring (bicyclic) bond motifs is 1. The molecule has 2 nitrogen and oxygen atoms in total. The van der Waals surface area contributed by atoms with E-state index in [1.54, 1.807) is 7.05 Å². The van der Waals surface area contributed by atoms with E-state index < -0.39 is 0 Å². The Hall–Kier alpha value is -1.44. The molecule has 0 radical (unpaired) electrons. The van der Waals surface area contributed by atoms with Crippen molar-refractivity contribution in [1.82, 2.24) is 0 Å². The summed E-state index contributed by atoms with van der Waals surface area (Å²) in [6.45, 7) is 8.69. The molecule has 1 fully saturated rings. The van der Waals surface area contributed by atoms with Gasteiger partial charge in [-0.05, 0) is 25.3 Å². The quantitative estimate of drug-likeness (QED) is 0.464. The minimum Gasteiger partial charge on any atom is -0.192 e. The van der Waals surface area contributed by atoms with Crippen molar-refractivity contribution in [3.05, 3.63) is 47.7 Å². The molecule has 0 amide bonds. The molecule has 0 N–H and O–H groups in total. The second-order valence-electron chi connectivity index (χ2n) is 4.68. The first-order chi connectivity index (χ1) is 7.60. The van der Waals surface area contributed by atoms with E-state index in [9.17, 15) is 0 Å². The highest BCUT2D eigenvalue weighted by atomic mass is 15.1. The Morgan fingerprint density at radius 3 is 2.75 bits per heavy atom. The summed E-state index contributed by atoms with van der Waals surface area (Å²) in [5.41, 5.74) is 3.53. The molecule has 0 saturated heterocycles. The SMILES string of the molecule is C=C1C(C)CC2=CC=CC=C(/N=N\C)C12C. The first-order valence-electron chi connectivity index (χ1n) is 5.68. The third kappa shape index (κ3) is 1.41. The van der Waals surface area contributed by atoms with E-state index >= 15 is 0 Å². The van der Waals surface area contributed by atoms with E-state index in [4.69, 9.17) is 0 Å². The third-order valence-corrected chi connectivity index (χ3v) is 3.79. The molecule has 2 rings (SSSR count). The summed E-state index contributed by atoms with van der Waals surface area (Å²) in [6.07, 6.45) is 9.43. The van der Waals surface area contributed by atoms with Gasteiger partial charge in [-0.15, -0.1) is 0 Å². The highest BCUT2D eigenvalue weighted by Crippen LogP contribution is 2.54. The van der Waals surface area contributed by atoms with Crippen LogP contribution in [0.25, 0.3) is 0 Å². The van der Waals surface area contributed by atoms with Gasteiger partial charge >= 0.3 is 0 Å². The maximum Gasteiger partial charge on any atom is 0.0766 e. The van der Waals surface area contributed by atoms with Gasteiger partial charge in [0.2, 0.25) is 0 Å². The van der Waals surface area contributed by atoms with Crippen LogP contribution < -0.4 is 0 Å². The van der Waals surface area contributed by atoms with Crippen molar-refractivity contribution in [1.29, 1.82) is 0 Å². The molecule has 0 aromatic heterocycles. The smallest absolute Gasteiger partial charge is 0.0766 e. The zero-order valence-electron chi connectivity index (χ0n) is 10.2.